The fourth-order valence-electron chi connectivity index (χ4n) is 0. The Morgan fingerprint density at radius 1 is 1.29 bits per heavy atom. The second-order valence-electron chi connectivity index (χ2n) is 0.217. The summed E-state index contributed by atoms with van der Waals surface area (Å²) in [6, 6.07) is 0. The van der Waals surface area contributed by atoms with Crippen molar-refractivity contribution in [3.05, 3.63) is 0 Å². The van der Waals surface area contributed by atoms with Gasteiger partial charge in [-0.1, -0.05) is 0 Å². The van der Waals surface area contributed by atoms with E-state index in [1.54, 1.807) is 0 Å². The molecule has 1 atom stereocenters. The van der Waals surface area contributed by atoms with Gasteiger partial charge in [0, 0.05) is 0 Å². The molecule has 1 N–H and O–H groups in total. The monoisotopic (exact) mass is 141 g/mol. The third kappa shape index (κ3) is 4450. The van der Waals surface area contributed by atoms with Crippen molar-refractivity contribution in [1.82, 2.24) is 0 Å². The zero-order valence-corrected chi connectivity index (χ0v) is 3.71. The van der Waals surface area contributed by atoms with Crippen LogP contribution in [0.2, 0.25) is 0 Å². The summed E-state index contributed by atoms with van der Waals surface area (Å²) in [5.41, 5.74) is 0. The highest BCUT2D eigenvalue weighted by Crippen LogP contribution is 1.43. The normalized spacial score (nSPS) is 8.86. The molecule has 0 saturated heterocycles. The van der Waals surface area contributed by atoms with E-state index in [0.717, 1.165) is 0 Å². The van der Waals surface area contributed by atoms with Crippen LogP contribution in [0.25, 0.3) is 0 Å². The van der Waals surface area contributed by atoms with Gasteiger partial charge in [-0.3, -0.25) is 14.1 Å². The lowest BCUT2D eigenvalue weighted by Crippen LogP contribution is -1.75. The minimum Gasteiger partial charge on any atom is -0.750 e. The van der Waals surface area contributed by atoms with E-state index in [9.17, 15) is 0 Å². The molecule has 0 aliphatic carbocycles. The Labute approximate surface area is 39.9 Å². The van der Waals surface area contributed by atoms with Gasteiger partial charge < -0.3 is 9.11 Å². The Balaban J connectivity index is -0.0000000150. The maximum Gasteiger partial charge on any atom is 0.0814 e. The molecule has 7 heavy (non-hydrogen) atoms. The molecule has 0 heterocycles. The fourth-order valence-corrected chi connectivity index (χ4v) is 0. The maximum atomic E-state index is 8.56. The fraction of sp³-hybridized carbons (Fsp3) is 0. The van der Waals surface area contributed by atoms with Crippen LogP contribution in [0.1, 0.15) is 0 Å². The number of halogens is 3. The maximum absolute atomic E-state index is 8.56. The van der Waals surface area contributed by atoms with Gasteiger partial charge in [0.15, 0.2) is 0 Å². The van der Waals surface area contributed by atoms with E-state index in [1.807, 2.05) is 0 Å². The van der Waals surface area contributed by atoms with Crippen molar-refractivity contribution < 1.29 is 27.4 Å². The third-order valence-corrected chi connectivity index (χ3v) is 0. The summed E-state index contributed by atoms with van der Waals surface area (Å²) in [5.74, 6) is 0. The van der Waals surface area contributed by atoms with Crippen LogP contribution < -0.4 is 0 Å². The van der Waals surface area contributed by atoms with Crippen LogP contribution in [-0.2, 0) is 11.4 Å². The van der Waals surface area contributed by atoms with Gasteiger partial charge in [-0.05, 0) is 0 Å². The topological polar surface area (TPSA) is 60.4 Å². The Bertz CT molecular complexity index is 33.2. The van der Waals surface area contributed by atoms with Crippen molar-refractivity contribution in [2.75, 3.05) is 0 Å². The van der Waals surface area contributed by atoms with E-state index in [-0.39, 0.29) is 14.1 Å². The average Bonchev–Trinajstić information content (AvgIpc) is 0.811. The molecule has 0 saturated carbocycles. The van der Waals surface area contributed by atoms with E-state index in [2.05, 4.69) is 0 Å². The highest BCUT2D eigenvalue weighted by atomic mass is 32.2. The van der Waals surface area contributed by atoms with E-state index in [1.165, 1.54) is 0 Å². The zero-order chi connectivity index (χ0) is 3.58. The first kappa shape index (κ1) is 28.8. The van der Waals surface area contributed by atoms with Crippen LogP contribution in [0.3, 0.4) is 0 Å². The Kier molecular flexibility index (Phi) is 69.6. The van der Waals surface area contributed by atoms with Gasteiger partial charge in [-0.25, -0.2) is 4.21 Å². The lowest BCUT2D eigenvalue weighted by atomic mass is 15.8. The molecule has 1 unspecified atom stereocenters. The van der Waals surface area contributed by atoms with E-state index < -0.39 is 11.4 Å². The summed E-state index contributed by atoms with van der Waals surface area (Å²) in [5, 5.41) is 0. The second-order valence-corrected chi connectivity index (χ2v) is 0.651. The second kappa shape index (κ2) is 16.9. The summed E-state index contributed by atoms with van der Waals surface area (Å²) in [4.78, 5) is 0. The van der Waals surface area contributed by atoms with Crippen LogP contribution in [0.4, 0.5) is 14.1 Å². The van der Waals surface area contributed by atoms with Crippen LogP contribution in [0, 0.1) is 0 Å². The lowest BCUT2D eigenvalue weighted by Gasteiger charge is -1.83. The van der Waals surface area contributed by atoms with Gasteiger partial charge in [-0.2, -0.15) is 0 Å². The van der Waals surface area contributed by atoms with Crippen molar-refractivity contribution in [2.45, 2.75) is 0 Å². The number of hydrogen-bond donors (Lipinski definition) is 1. The van der Waals surface area contributed by atoms with Gasteiger partial charge in [0.25, 0.3) is 0 Å². The van der Waals surface area contributed by atoms with Crippen molar-refractivity contribution in [3.63, 3.8) is 0 Å². The summed E-state index contributed by atoms with van der Waals surface area (Å²) < 4.78 is 24.1. The van der Waals surface area contributed by atoms with Crippen molar-refractivity contribution in [2.24, 2.45) is 0 Å². The van der Waals surface area contributed by atoms with Crippen molar-refractivity contribution >= 4 is 11.4 Å². The van der Waals surface area contributed by atoms with Crippen LogP contribution >= 0.6 is 0 Å². The minimum absolute atomic E-state index is 0. The van der Waals surface area contributed by atoms with Gasteiger partial charge in [0.1, 0.15) is 0 Å². The van der Waals surface area contributed by atoms with Gasteiger partial charge in [-0.15, -0.1) is 0 Å². The number of rotatable bonds is 0. The number of hydrogen-bond acceptors (Lipinski definition) is 2. The molecule has 0 spiro atoms. The molecule has 0 fully saturated rings. The van der Waals surface area contributed by atoms with Crippen molar-refractivity contribution in [3.8, 4) is 0 Å². The van der Waals surface area contributed by atoms with Gasteiger partial charge in [0.05, 0.1) is 11.4 Å². The highest BCUT2D eigenvalue weighted by Gasteiger charge is 1.42. The first-order valence-corrected chi connectivity index (χ1v) is 1.55. The Morgan fingerprint density at radius 2 is 1.29 bits per heavy atom. The zero-order valence-electron chi connectivity index (χ0n) is 2.90. The first-order chi connectivity index (χ1) is 1.73. The summed E-state index contributed by atoms with van der Waals surface area (Å²) in [7, 11) is 0. The molecule has 0 aromatic rings. The molecule has 0 aromatic carbocycles. The SMILES string of the molecule is F.F.F.O=S([O-])O. The standard InChI is InChI=1S/3FH.H2O3S/c;;;1-4(2)3/h3*1H;(H2,1,2,3)/p-1. The molecule has 0 aliphatic rings. The molecule has 3 nitrogen and oxygen atoms in total. The molecule has 0 aromatic heterocycles. The summed E-state index contributed by atoms with van der Waals surface area (Å²) in [6.07, 6.45) is 0. The van der Waals surface area contributed by atoms with Crippen LogP contribution in [0.15, 0.2) is 0 Å². The Hall–Kier alpha value is -0.140. The largest absolute Gasteiger partial charge is 0.750 e. The minimum atomic E-state index is -2.86. The average molecular weight is 141 g/mol. The van der Waals surface area contributed by atoms with E-state index in [0.29, 0.717) is 0 Å². The van der Waals surface area contributed by atoms with Crippen LogP contribution in [0.5, 0.6) is 0 Å². The van der Waals surface area contributed by atoms with Crippen LogP contribution in [-0.4, -0.2) is 13.3 Å². The molecular formula is H4F3O3S-. The molecule has 0 amide bonds. The molecule has 50 valence electrons. The van der Waals surface area contributed by atoms with E-state index >= 15 is 0 Å². The predicted octanol–water partition coefficient (Wildman–Crippen LogP) is -0.204. The lowest BCUT2D eigenvalue weighted by molar-refractivity contribution is 0.436. The molecule has 0 rings (SSSR count). The summed E-state index contributed by atoms with van der Waals surface area (Å²) in [6.45, 7) is 0. The van der Waals surface area contributed by atoms with Gasteiger partial charge in [0.2, 0.25) is 0 Å². The first-order valence-electron chi connectivity index (χ1n) is 0.516. The quantitative estimate of drug-likeness (QED) is 0.475. The summed E-state index contributed by atoms with van der Waals surface area (Å²) >= 11 is -2.86. The molecule has 0 radical (unpaired) electrons. The molecule has 0 bridgehead atoms. The predicted molar refractivity (Wildman–Crippen MR) is 19.1 cm³/mol. The Morgan fingerprint density at radius 3 is 1.29 bits per heavy atom. The third-order valence-electron chi connectivity index (χ3n) is 0. The molecular weight excluding hydrogens is 137 g/mol. The van der Waals surface area contributed by atoms with Gasteiger partial charge >= 0.3 is 0 Å². The molecule has 0 aliphatic heterocycles. The van der Waals surface area contributed by atoms with E-state index in [4.69, 9.17) is 13.3 Å². The van der Waals surface area contributed by atoms with Crippen molar-refractivity contribution in [1.29, 1.82) is 0 Å². The smallest absolute Gasteiger partial charge is 0.0814 e. The molecule has 7 heteroatoms. The highest BCUT2D eigenvalue weighted by molar-refractivity contribution is 7.73.